The van der Waals surface area contributed by atoms with Crippen LogP contribution in [0.4, 0.5) is 5.82 Å². The Balaban J connectivity index is 2.05. The van der Waals surface area contributed by atoms with Crippen LogP contribution < -0.4 is 20.7 Å². The van der Waals surface area contributed by atoms with Crippen molar-refractivity contribution in [3.05, 3.63) is 41.9 Å². The molecule has 4 N–H and O–H groups in total. The SMILES string of the molecule is COc1cc(CO)ccc1OCc1cnc(NN)cn1. The van der Waals surface area contributed by atoms with Crippen molar-refractivity contribution < 1.29 is 14.6 Å². The lowest BCUT2D eigenvalue weighted by Gasteiger charge is -2.11. The maximum atomic E-state index is 9.07. The Hall–Kier alpha value is -2.38. The molecule has 20 heavy (non-hydrogen) atoms. The van der Waals surface area contributed by atoms with Crippen LogP contribution in [0.5, 0.6) is 11.5 Å². The number of ether oxygens (including phenoxy) is 2. The molecule has 0 radical (unpaired) electrons. The Morgan fingerprint density at radius 3 is 2.70 bits per heavy atom. The van der Waals surface area contributed by atoms with Crippen LogP contribution in [-0.2, 0) is 13.2 Å². The summed E-state index contributed by atoms with van der Waals surface area (Å²) in [6.07, 6.45) is 3.09. The van der Waals surface area contributed by atoms with Gasteiger partial charge in [0.15, 0.2) is 17.3 Å². The number of anilines is 1. The zero-order chi connectivity index (χ0) is 14.4. The van der Waals surface area contributed by atoms with Gasteiger partial charge in [0, 0.05) is 0 Å². The monoisotopic (exact) mass is 276 g/mol. The highest BCUT2D eigenvalue weighted by Gasteiger charge is 2.06. The van der Waals surface area contributed by atoms with E-state index in [0.29, 0.717) is 23.0 Å². The molecule has 0 fully saturated rings. The third-order valence-electron chi connectivity index (χ3n) is 2.64. The number of aromatic nitrogens is 2. The molecule has 0 aliphatic rings. The molecule has 1 aromatic carbocycles. The van der Waals surface area contributed by atoms with Gasteiger partial charge in [-0.15, -0.1) is 0 Å². The average molecular weight is 276 g/mol. The highest BCUT2D eigenvalue weighted by atomic mass is 16.5. The third kappa shape index (κ3) is 3.34. The van der Waals surface area contributed by atoms with E-state index in [1.807, 2.05) is 0 Å². The molecule has 0 aliphatic heterocycles. The van der Waals surface area contributed by atoms with E-state index < -0.39 is 0 Å². The van der Waals surface area contributed by atoms with Crippen LogP contribution in [0.25, 0.3) is 0 Å². The first-order valence-corrected chi connectivity index (χ1v) is 5.95. The minimum absolute atomic E-state index is 0.0460. The van der Waals surface area contributed by atoms with Crippen molar-refractivity contribution in [3.63, 3.8) is 0 Å². The molecule has 1 heterocycles. The lowest BCUT2D eigenvalue weighted by molar-refractivity contribution is 0.272. The van der Waals surface area contributed by atoms with Gasteiger partial charge in [-0.2, -0.15) is 0 Å². The van der Waals surface area contributed by atoms with Crippen molar-refractivity contribution in [1.82, 2.24) is 9.97 Å². The fourth-order valence-corrected chi connectivity index (χ4v) is 1.59. The Morgan fingerprint density at radius 2 is 2.10 bits per heavy atom. The maximum Gasteiger partial charge on any atom is 0.161 e. The van der Waals surface area contributed by atoms with Gasteiger partial charge in [-0.25, -0.2) is 10.8 Å². The predicted molar refractivity (Wildman–Crippen MR) is 73.1 cm³/mol. The standard InChI is InChI=1S/C13H16N4O3/c1-19-12-4-9(7-18)2-3-11(12)20-8-10-5-16-13(17-14)6-15-10/h2-6,18H,7-8,14H2,1H3,(H,16,17). The molecule has 7 heteroatoms. The van der Waals surface area contributed by atoms with Gasteiger partial charge in [-0.3, -0.25) is 4.98 Å². The third-order valence-corrected chi connectivity index (χ3v) is 2.64. The number of hydrazine groups is 1. The van der Waals surface area contributed by atoms with Gasteiger partial charge in [0.1, 0.15) is 6.61 Å². The first-order valence-electron chi connectivity index (χ1n) is 5.95. The summed E-state index contributed by atoms with van der Waals surface area (Å²) in [4.78, 5) is 8.18. The Morgan fingerprint density at radius 1 is 1.25 bits per heavy atom. The smallest absolute Gasteiger partial charge is 0.161 e. The maximum absolute atomic E-state index is 9.07. The van der Waals surface area contributed by atoms with Gasteiger partial charge < -0.3 is 20.0 Å². The average Bonchev–Trinajstić information content (AvgIpc) is 2.53. The highest BCUT2D eigenvalue weighted by Crippen LogP contribution is 2.28. The molecule has 0 saturated carbocycles. The van der Waals surface area contributed by atoms with Crippen LogP contribution in [0.2, 0.25) is 0 Å². The number of nitrogens with zero attached hydrogens (tertiary/aromatic N) is 2. The largest absolute Gasteiger partial charge is 0.493 e. The van der Waals surface area contributed by atoms with E-state index in [2.05, 4.69) is 15.4 Å². The summed E-state index contributed by atoms with van der Waals surface area (Å²) in [5.74, 6) is 6.83. The van der Waals surface area contributed by atoms with Crippen molar-refractivity contribution in [2.24, 2.45) is 5.84 Å². The van der Waals surface area contributed by atoms with E-state index in [1.165, 1.54) is 6.20 Å². The summed E-state index contributed by atoms with van der Waals surface area (Å²) >= 11 is 0. The second-order valence-corrected chi connectivity index (χ2v) is 3.97. The molecule has 2 rings (SSSR count). The van der Waals surface area contributed by atoms with Crippen LogP contribution in [-0.4, -0.2) is 22.2 Å². The Kier molecular flexibility index (Phi) is 4.70. The lowest BCUT2D eigenvalue weighted by Crippen LogP contribution is -2.09. The summed E-state index contributed by atoms with van der Waals surface area (Å²) in [6.45, 7) is 0.211. The van der Waals surface area contributed by atoms with Crippen LogP contribution in [0.15, 0.2) is 30.6 Å². The van der Waals surface area contributed by atoms with Crippen LogP contribution in [0.3, 0.4) is 0 Å². The van der Waals surface area contributed by atoms with Crippen molar-refractivity contribution in [2.45, 2.75) is 13.2 Å². The van der Waals surface area contributed by atoms with E-state index in [-0.39, 0.29) is 13.2 Å². The molecule has 7 nitrogen and oxygen atoms in total. The second-order valence-electron chi connectivity index (χ2n) is 3.97. The number of hydrogen-bond donors (Lipinski definition) is 3. The van der Waals surface area contributed by atoms with E-state index >= 15 is 0 Å². The minimum Gasteiger partial charge on any atom is -0.493 e. The van der Waals surface area contributed by atoms with Crippen molar-refractivity contribution in [2.75, 3.05) is 12.5 Å². The number of nitrogens with one attached hydrogen (secondary N) is 1. The Labute approximate surface area is 116 Å². The van der Waals surface area contributed by atoms with Gasteiger partial charge in [0.25, 0.3) is 0 Å². The van der Waals surface area contributed by atoms with Gasteiger partial charge in [-0.1, -0.05) is 6.07 Å². The van der Waals surface area contributed by atoms with Gasteiger partial charge >= 0.3 is 0 Å². The van der Waals surface area contributed by atoms with Gasteiger partial charge in [0.2, 0.25) is 0 Å². The molecular weight excluding hydrogens is 260 g/mol. The normalized spacial score (nSPS) is 10.2. The van der Waals surface area contributed by atoms with Crippen LogP contribution in [0, 0.1) is 0 Å². The molecule has 0 atom stereocenters. The summed E-state index contributed by atoms with van der Waals surface area (Å²) in [5, 5.41) is 9.07. The van der Waals surface area contributed by atoms with E-state index in [9.17, 15) is 0 Å². The summed E-state index contributed by atoms with van der Waals surface area (Å²) in [5.41, 5.74) is 3.82. The molecule has 0 spiro atoms. The molecule has 2 aromatic rings. The van der Waals surface area contributed by atoms with Gasteiger partial charge in [-0.05, 0) is 17.7 Å². The van der Waals surface area contributed by atoms with Crippen molar-refractivity contribution >= 4 is 5.82 Å². The Bertz CT molecular complexity index is 560. The fourth-order valence-electron chi connectivity index (χ4n) is 1.59. The minimum atomic E-state index is -0.0460. The number of aliphatic hydroxyl groups excluding tert-OH is 1. The summed E-state index contributed by atoms with van der Waals surface area (Å²) < 4.78 is 10.8. The molecule has 0 saturated heterocycles. The summed E-state index contributed by atoms with van der Waals surface area (Å²) in [6, 6.07) is 5.24. The molecule has 0 unspecified atom stereocenters. The highest BCUT2D eigenvalue weighted by molar-refractivity contribution is 5.42. The molecule has 106 valence electrons. The number of hydrogen-bond acceptors (Lipinski definition) is 7. The lowest BCUT2D eigenvalue weighted by atomic mass is 10.2. The first kappa shape index (κ1) is 14.0. The first-order chi connectivity index (χ1) is 9.76. The van der Waals surface area contributed by atoms with Crippen molar-refractivity contribution in [1.29, 1.82) is 0 Å². The quantitative estimate of drug-likeness (QED) is 0.530. The number of nitrogens with two attached hydrogens (primary N) is 1. The number of benzene rings is 1. The number of aliphatic hydroxyl groups is 1. The van der Waals surface area contributed by atoms with E-state index in [4.69, 9.17) is 20.4 Å². The number of nitrogen functional groups attached to an aromatic ring is 1. The zero-order valence-electron chi connectivity index (χ0n) is 11.0. The van der Waals surface area contributed by atoms with Gasteiger partial charge in [0.05, 0.1) is 31.8 Å². The van der Waals surface area contributed by atoms with Crippen molar-refractivity contribution in [3.8, 4) is 11.5 Å². The van der Waals surface area contributed by atoms with Crippen LogP contribution in [0.1, 0.15) is 11.3 Å². The number of methoxy groups -OCH3 is 1. The van der Waals surface area contributed by atoms with E-state index in [0.717, 1.165) is 5.56 Å². The second kappa shape index (κ2) is 6.69. The summed E-state index contributed by atoms with van der Waals surface area (Å²) in [7, 11) is 1.55. The number of rotatable bonds is 6. The fraction of sp³-hybridized carbons (Fsp3) is 0.231. The topological polar surface area (TPSA) is 103 Å². The zero-order valence-corrected chi connectivity index (χ0v) is 11.0. The van der Waals surface area contributed by atoms with Crippen LogP contribution >= 0.6 is 0 Å². The van der Waals surface area contributed by atoms with E-state index in [1.54, 1.807) is 31.5 Å². The molecule has 0 aliphatic carbocycles. The molecule has 0 bridgehead atoms. The molecule has 1 aromatic heterocycles. The molecular formula is C13H16N4O3. The predicted octanol–water partition coefficient (Wildman–Crippen LogP) is 0.842. The molecule has 0 amide bonds.